The van der Waals surface area contributed by atoms with Crippen molar-refractivity contribution in [3.63, 3.8) is 0 Å². The van der Waals surface area contributed by atoms with Gasteiger partial charge in [-0.3, -0.25) is 4.90 Å². The number of hydrogen-bond donors (Lipinski definition) is 2. The average Bonchev–Trinajstić information content (AvgIpc) is 2.98. The Labute approximate surface area is 184 Å². The molecular formula is C17H34IN7OS. The summed E-state index contributed by atoms with van der Waals surface area (Å²) in [4.78, 5) is 7.14. The molecule has 2 rings (SSSR count). The van der Waals surface area contributed by atoms with Crippen molar-refractivity contribution in [3.05, 3.63) is 11.6 Å². The van der Waals surface area contributed by atoms with E-state index in [2.05, 4.69) is 37.0 Å². The lowest BCUT2D eigenvalue weighted by Gasteiger charge is -2.26. The van der Waals surface area contributed by atoms with Crippen LogP contribution in [0.4, 0.5) is 0 Å². The first-order valence-electron chi connectivity index (χ1n) is 9.37. The van der Waals surface area contributed by atoms with Gasteiger partial charge in [-0.05, 0) is 38.3 Å². The van der Waals surface area contributed by atoms with E-state index in [-0.39, 0.29) is 24.0 Å². The van der Waals surface area contributed by atoms with Crippen molar-refractivity contribution < 1.29 is 4.74 Å². The van der Waals surface area contributed by atoms with Gasteiger partial charge in [0.2, 0.25) is 0 Å². The number of rotatable bonds is 10. The highest BCUT2D eigenvalue weighted by Gasteiger charge is 2.09. The third-order valence-electron chi connectivity index (χ3n) is 4.43. The number of hydrogen-bond acceptors (Lipinski definition) is 6. The van der Waals surface area contributed by atoms with Crippen LogP contribution < -0.4 is 10.6 Å². The molecule has 8 nitrogen and oxygen atoms in total. The molecular weight excluding hydrogens is 477 g/mol. The summed E-state index contributed by atoms with van der Waals surface area (Å²) in [7, 11) is 1.97. The average molecular weight is 511 g/mol. The second kappa shape index (κ2) is 14.4. The van der Waals surface area contributed by atoms with Gasteiger partial charge in [0.15, 0.2) is 11.8 Å². The Morgan fingerprint density at radius 1 is 1.19 bits per heavy atom. The molecule has 10 heteroatoms. The first-order chi connectivity index (χ1) is 12.7. The highest BCUT2D eigenvalue weighted by atomic mass is 127. The van der Waals surface area contributed by atoms with Gasteiger partial charge in [0, 0.05) is 33.2 Å². The molecule has 0 aromatic carbocycles. The number of guanidine groups is 1. The maximum atomic E-state index is 5.39. The van der Waals surface area contributed by atoms with Crippen LogP contribution in [0.1, 0.15) is 24.5 Å². The molecule has 0 bridgehead atoms. The molecule has 0 aliphatic carbocycles. The summed E-state index contributed by atoms with van der Waals surface area (Å²) in [5.41, 5.74) is 0. The van der Waals surface area contributed by atoms with Crippen LogP contribution in [0.15, 0.2) is 4.99 Å². The number of ether oxygens (including phenoxy) is 1. The third kappa shape index (κ3) is 9.44. The Morgan fingerprint density at radius 3 is 2.52 bits per heavy atom. The van der Waals surface area contributed by atoms with Crippen LogP contribution in [-0.2, 0) is 18.3 Å². The molecule has 1 aliphatic rings. The number of nitrogens with one attached hydrogen (secondary N) is 2. The van der Waals surface area contributed by atoms with Crippen molar-refractivity contribution in [2.45, 2.75) is 26.3 Å². The summed E-state index contributed by atoms with van der Waals surface area (Å²) < 4.78 is 7.37. The molecule has 156 valence electrons. The SMILES string of the molecule is CSCCCNC(=NCc1nnc(C)n1C)NCCCN1CCOCC1.I. The summed E-state index contributed by atoms with van der Waals surface area (Å²) in [6.45, 7) is 9.20. The molecule has 0 unspecified atom stereocenters. The van der Waals surface area contributed by atoms with Crippen molar-refractivity contribution in [1.29, 1.82) is 0 Å². The molecule has 1 fully saturated rings. The molecule has 0 saturated carbocycles. The monoisotopic (exact) mass is 511 g/mol. The van der Waals surface area contributed by atoms with Gasteiger partial charge in [0.1, 0.15) is 12.4 Å². The maximum absolute atomic E-state index is 5.39. The van der Waals surface area contributed by atoms with Crippen LogP contribution in [0.5, 0.6) is 0 Å². The van der Waals surface area contributed by atoms with Crippen LogP contribution >= 0.6 is 35.7 Å². The van der Waals surface area contributed by atoms with Gasteiger partial charge in [0.25, 0.3) is 0 Å². The second-order valence-corrected chi connectivity index (χ2v) is 7.38. The Hall–Kier alpha value is -0.590. The molecule has 0 atom stereocenters. The van der Waals surface area contributed by atoms with Crippen LogP contribution in [0.2, 0.25) is 0 Å². The van der Waals surface area contributed by atoms with Crippen molar-refractivity contribution in [3.8, 4) is 0 Å². The molecule has 2 N–H and O–H groups in total. The van der Waals surface area contributed by atoms with Gasteiger partial charge in [0.05, 0.1) is 13.2 Å². The van der Waals surface area contributed by atoms with Crippen LogP contribution in [0, 0.1) is 6.92 Å². The zero-order chi connectivity index (χ0) is 18.6. The van der Waals surface area contributed by atoms with E-state index in [9.17, 15) is 0 Å². The Bertz CT molecular complexity index is 549. The topological polar surface area (TPSA) is 79.6 Å². The van der Waals surface area contributed by atoms with Crippen molar-refractivity contribution in [1.82, 2.24) is 30.3 Å². The van der Waals surface area contributed by atoms with Gasteiger partial charge < -0.3 is 19.9 Å². The van der Waals surface area contributed by atoms with Crippen LogP contribution in [-0.4, -0.2) is 83.6 Å². The van der Waals surface area contributed by atoms with E-state index in [4.69, 9.17) is 4.74 Å². The fraction of sp³-hybridized carbons (Fsp3) is 0.824. The quantitative estimate of drug-likeness (QED) is 0.212. The van der Waals surface area contributed by atoms with E-state index in [1.807, 2.05) is 30.3 Å². The van der Waals surface area contributed by atoms with E-state index in [1.165, 1.54) is 0 Å². The second-order valence-electron chi connectivity index (χ2n) is 6.39. The van der Waals surface area contributed by atoms with E-state index in [1.54, 1.807) is 0 Å². The highest BCUT2D eigenvalue weighted by Crippen LogP contribution is 2.00. The molecule has 1 aliphatic heterocycles. The van der Waals surface area contributed by atoms with Gasteiger partial charge in [-0.2, -0.15) is 11.8 Å². The predicted molar refractivity (Wildman–Crippen MR) is 123 cm³/mol. The largest absolute Gasteiger partial charge is 0.379 e. The van der Waals surface area contributed by atoms with Crippen molar-refractivity contribution in [2.24, 2.45) is 12.0 Å². The van der Waals surface area contributed by atoms with Crippen molar-refractivity contribution >= 4 is 41.7 Å². The number of aliphatic imine (C=N–C) groups is 1. The lowest BCUT2D eigenvalue weighted by Crippen LogP contribution is -2.41. The molecule has 2 heterocycles. The zero-order valence-electron chi connectivity index (χ0n) is 16.7. The van der Waals surface area contributed by atoms with E-state index >= 15 is 0 Å². The van der Waals surface area contributed by atoms with E-state index in [0.717, 1.165) is 82.1 Å². The molecule has 1 aromatic heterocycles. The number of nitrogens with zero attached hydrogens (tertiary/aromatic N) is 5. The minimum Gasteiger partial charge on any atom is -0.379 e. The van der Waals surface area contributed by atoms with Gasteiger partial charge in [-0.1, -0.05) is 0 Å². The van der Waals surface area contributed by atoms with Gasteiger partial charge in [-0.15, -0.1) is 34.2 Å². The van der Waals surface area contributed by atoms with Gasteiger partial charge in [-0.25, -0.2) is 4.99 Å². The summed E-state index contributed by atoms with van der Waals surface area (Å²) in [6.07, 6.45) is 4.35. The minimum absolute atomic E-state index is 0. The molecule has 0 radical (unpaired) electrons. The molecule has 1 saturated heterocycles. The van der Waals surface area contributed by atoms with Crippen molar-refractivity contribution in [2.75, 3.05) is 57.9 Å². The smallest absolute Gasteiger partial charge is 0.191 e. The third-order valence-corrected chi connectivity index (χ3v) is 5.12. The molecule has 0 amide bonds. The Morgan fingerprint density at radius 2 is 1.89 bits per heavy atom. The van der Waals surface area contributed by atoms with E-state index in [0.29, 0.717) is 6.54 Å². The lowest BCUT2D eigenvalue weighted by molar-refractivity contribution is 0.0376. The standard InChI is InChI=1S/C17H33N7OS.HI/c1-15-21-22-16(23(15)2)14-20-17(19-7-5-13-26-3)18-6-4-8-24-9-11-25-12-10-24;/h4-14H2,1-3H3,(H2,18,19,20);1H. The number of aryl methyl sites for hydroxylation is 1. The first-order valence-corrected chi connectivity index (χ1v) is 10.8. The van der Waals surface area contributed by atoms with Gasteiger partial charge >= 0.3 is 0 Å². The minimum atomic E-state index is 0. The van der Waals surface area contributed by atoms with E-state index < -0.39 is 0 Å². The normalized spacial score (nSPS) is 15.4. The molecule has 0 spiro atoms. The summed E-state index contributed by atoms with van der Waals surface area (Å²) in [5, 5.41) is 15.1. The highest BCUT2D eigenvalue weighted by molar-refractivity contribution is 14.0. The Kier molecular flexibility index (Phi) is 13.1. The fourth-order valence-corrected chi connectivity index (χ4v) is 3.10. The zero-order valence-corrected chi connectivity index (χ0v) is 19.9. The van der Waals surface area contributed by atoms with Crippen LogP contribution in [0.25, 0.3) is 0 Å². The lowest BCUT2D eigenvalue weighted by atomic mass is 10.3. The fourth-order valence-electron chi connectivity index (χ4n) is 2.67. The number of thioether (sulfide) groups is 1. The number of morpholine rings is 1. The Balaban J connectivity index is 0.00000364. The summed E-state index contributed by atoms with van der Waals surface area (Å²) in [5.74, 6) is 3.79. The maximum Gasteiger partial charge on any atom is 0.191 e. The predicted octanol–water partition coefficient (Wildman–Crippen LogP) is 1.25. The molecule has 27 heavy (non-hydrogen) atoms. The number of halogens is 1. The summed E-state index contributed by atoms with van der Waals surface area (Å²) in [6, 6.07) is 0. The first kappa shape index (κ1) is 24.4. The number of aromatic nitrogens is 3. The summed E-state index contributed by atoms with van der Waals surface area (Å²) >= 11 is 1.87. The van der Waals surface area contributed by atoms with Crippen LogP contribution in [0.3, 0.4) is 0 Å². The molecule has 1 aromatic rings.